The molecule has 0 amide bonds. The fourth-order valence-corrected chi connectivity index (χ4v) is 3.13. The van der Waals surface area contributed by atoms with Gasteiger partial charge in [-0.3, -0.25) is 0 Å². The number of hydrogen-bond donors (Lipinski definition) is 2. The number of anilines is 2. The number of nitrogen functional groups attached to an aromatic ring is 1. The molecule has 104 valence electrons. The molecule has 1 heterocycles. The molecule has 19 heavy (non-hydrogen) atoms. The van der Waals surface area contributed by atoms with Gasteiger partial charge < -0.3 is 15.7 Å². The first kappa shape index (κ1) is 14.0. The van der Waals surface area contributed by atoms with Crippen LogP contribution in [0.3, 0.4) is 0 Å². The van der Waals surface area contributed by atoms with Gasteiger partial charge in [-0.15, -0.1) is 0 Å². The van der Waals surface area contributed by atoms with E-state index in [0.29, 0.717) is 22.3 Å². The topological polar surface area (TPSA) is 66.6 Å². The van der Waals surface area contributed by atoms with Crippen LogP contribution in [0.2, 0.25) is 5.02 Å². The van der Waals surface area contributed by atoms with Crippen LogP contribution in [0.25, 0.3) is 0 Å². The average molecular weight is 283 g/mol. The zero-order valence-electron chi connectivity index (χ0n) is 11.0. The number of nitrogens with two attached hydrogens (primary N) is 1. The molecule has 3 N–H and O–H groups in total. The maximum atomic E-state index is 11.3. The lowest BCUT2D eigenvalue weighted by atomic mass is 10.0. The Labute approximate surface area is 118 Å². The van der Waals surface area contributed by atoms with E-state index < -0.39 is 5.97 Å². The molecular weight excluding hydrogens is 264 g/mol. The van der Waals surface area contributed by atoms with Gasteiger partial charge in [0.25, 0.3) is 0 Å². The molecule has 1 saturated heterocycles. The second-order valence-electron chi connectivity index (χ2n) is 5.09. The molecule has 1 aromatic carbocycles. The maximum absolute atomic E-state index is 11.3. The maximum Gasteiger partial charge on any atom is 0.337 e. The number of rotatable bonds is 4. The van der Waals surface area contributed by atoms with Gasteiger partial charge in [0.1, 0.15) is 0 Å². The molecule has 5 heteroatoms. The van der Waals surface area contributed by atoms with Gasteiger partial charge in [-0.2, -0.15) is 0 Å². The van der Waals surface area contributed by atoms with E-state index in [1.165, 1.54) is 12.5 Å². The van der Waals surface area contributed by atoms with Crippen molar-refractivity contribution in [1.82, 2.24) is 0 Å². The van der Waals surface area contributed by atoms with Crippen molar-refractivity contribution >= 4 is 28.9 Å². The predicted octanol–water partition coefficient (Wildman–Crippen LogP) is 3.25. The lowest BCUT2D eigenvalue weighted by molar-refractivity contribution is 0.0697. The summed E-state index contributed by atoms with van der Waals surface area (Å²) in [5.74, 6) is -0.358. The van der Waals surface area contributed by atoms with E-state index in [-0.39, 0.29) is 5.56 Å². The van der Waals surface area contributed by atoms with E-state index in [9.17, 15) is 9.90 Å². The van der Waals surface area contributed by atoms with E-state index >= 15 is 0 Å². The quantitative estimate of drug-likeness (QED) is 0.832. The van der Waals surface area contributed by atoms with Crippen LogP contribution in [-0.2, 0) is 0 Å². The van der Waals surface area contributed by atoms with Crippen molar-refractivity contribution in [3.8, 4) is 0 Å². The summed E-state index contributed by atoms with van der Waals surface area (Å²) < 4.78 is 0. The van der Waals surface area contributed by atoms with Crippen molar-refractivity contribution in [2.45, 2.75) is 26.2 Å². The summed E-state index contributed by atoms with van der Waals surface area (Å²) in [6.45, 7) is 3.90. The molecule has 1 aliphatic rings. The second kappa shape index (κ2) is 5.70. The molecule has 0 radical (unpaired) electrons. The normalized spacial score (nSPS) is 18.8. The highest BCUT2D eigenvalue weighted by Crippen LogP contribution is 2.36. The number of aromatic carboxylic acids is 1. The number of carboxylic acid groups (broad SMARTS) is 1. The van der Waals surface area contributed by atoms with Crippen molar-refractivity contribution in [2.75, 3.05) is 23.7 Å². The van der Waals surface area contributed by atoms with E-state index in [2.05, 4.69) is 11.8 Å². The van der Waals surface area contributed by atoms with Crippen molar-refractivity contribution in [3.63, 3.8) is 0 Å². The molecule has 0 spiro atoms. The highest BCUT2D eigenvalue weighted by molar-refractivity contribution is 6.34. The van der Waals surface area contributed by atoms with Crippen molar-refractivity contribution in [2.24, 2.45) is 5.92 Å². The van der Waals surface area contributed by atoms with Crippen LogP contribution in [0.15, 0.2) is 12.1 Å². The molecule has 0 saturated carbocycles. The first-order chi connectivity index (χ1) is 9.02. The molecule has 4 nitrogen and oxygen atoms in total. The van der Waals surface area contributed by atoms with Crippen molar-refractivity contribution in [3.05, 3.63) is 22.7 Å². The van der Waals surface area contributed by atoms with Crippen molar-refractivity contribution < 1.29 is 9.90 Å². The van der Waals surface area contributed by atoms with Gasteiger partial charge in [0.05, 0.1) is 16.3 Å². The van der Waals surface area contributed by atoms with Crippen LogP contribution in [0.4, 0.5) is 11.4 Å². The Bertz CT molecular complexity index is 491. The minimum Gasteiger partial charge on any atom is -0.478 e. The SMILES string of the molecule is CCCC1CCN(c2c(Cl)cc(N)cc2C(=O)O)C1. The summed E-state index contributed by atoms with van der Waals surface area (Å²) >= 11 is 6.20. The van der Waals surface area contributed by atoms with E-state index in [1.54, 1.807) is 6.07 Å². The molecular formula is C14H19ClN2O2. The third-order valence-corrected chi connectivity index (χ3v) is 3.90. The molecule has 2 rings (SSSR count). The summed E-state index contributed by atoms with van der Waals surface area (Å²) in [6.07, 6.45) is 3.42. The monoisotopic (exact) mass is 282 g/mol. The van der Waals surface area contributed by atoms with Crippen LogP contribution >= 0.6 is 11.6 Å². The molecule has 1 unspecified atom stereocenters. The molecule has 1 fully saturated rings. The lowest BCUT2D eigenvalue weighted by Gasteiger charge is -2.22. The minimum absolute atomic E-state index is 0.196. The van der Waals surface area contributed by atoms with E-state index in [0.717, 1.165) is 25.9 Å². The van der Waals surface area contributed by atoms with Gasteiger partial charge in [0.2, 0.25) is 0 Å². The first-order valence-electron chi connectivity index (χ1n) is 6.60. The first-order valence-corrected chi connectivity index (χ1v) is 6.98. The Morgan fingerprint density at radius 1 is 1.58 bits per heavy atom. The average Bonchev–Trinajstić information content (AvgIpc) is 2.76. The Balaban J connectivity index is 2.32. The van der Waals surface area contributed by atoms with Crippen LogP contribution < -0.4 is 10.6 Å². The summed E-state index contributed by atoms with van der Waals surface area (Å²) in [6, 6.07) is 3.10. The van der Waals surface area contributed by atoms with Crippen LogP contribution in [0, 0.1) is 5.92 Å². The molecule has 0 aliphatic carbocycles. The van der Waals surface area contributed by atoms with Gasteiger partial charge in [-0.05, 0) is 30.9 Å². The van der Waals surface area contributed by atoms with Gasteiger partial charge in [-0.1, -0.05) is 24.9 Å². The second-order valence-corrected chi connectivity index (χ2v) is 5.50. The predicted molar refractivity (Wildman–Crippen MR) is 78.1 cm³/mol. The van der Waals surface area contributed by atoms with Gasteiger partial charge in [0.15, 0.2) is 0 Å². The van der Waals surface area contributed by atoms with E-state index in [4.69, 9.17) is 17.3 Å². The Kier molecular flexibility index (Phi) is 4.20. The zero-order chi connectivity index (χ0) is 14.0. The number of nitrogens with zero attached hydrogens (tertiary/aromatic N) is 1. The fraction of sp³-hybridized carbons (Fsp3) is 0.500. The van der Waals surface area contributed by atoms with Gasteiger partial charge in [0, 0.05) is 18.8 Å². The highest BCUT2D eigenvalue weighted by Gasteiger charge is 2.27. The standard InChI is InChI=1S/C14H19ClN2O2/c1-2-3-9-4-5-17(8-9)13-11(14(18)19)6-10(16)7-12(13)15/h6-7,9H,2-5,8,16H2,1H3,(H,18,19). The number of halogens is 1. The Morgan fingerprint density at radius 2 is 2.32 bits per heavy atom. The third kappa shape index (κ3) is 2.95. The van der Waals surface area contributed by atoms with Gasteiger partial charge in [-0.25, -0.2) is 4.79 Å². The summed E-state index contributed by atoms with van der Waals surface area (Å²) in [5, 5.41) is 9.73. The van der Waals surface area contributed by atoms with Gasteiger partial charge >= 0.3 is 5.97 Å². The van der Waals surface area contributed by atoms with Crippen molar-refractivity contribution in [1.29, 1.82) is 0 Å². The molecule has 0 bridgehead atoms. The zero-order valence-corrected chi connectivity index (χ0v) is 11.8. The summed E-state index contributed by atoms with van der Waals surface area (Å²) in [5.41, 5.74) is 6.87. The van der Waals surface area contributed by atoms with Crippen LogP contribution in [-0.4, -0.2) is 24.2 Å². The smallest absolute Gasteiger partial charge is 0.337 e. The molecule has 0 aromatic heterocycles. The number of carboxylic acids is 1. The Hall–Kier alpha value is -1.42. The lowest BCUT2D eigenvalue weighted by Crippen LogP contribution is -2.23. The number of benzene rings is 1. The minimum atomic E-state index is -0.983. The Morgan fingerprint density at radius 3 is 2.95 bits per heavy atom. The highest BCUT2D eigenvalue weighted by atomic mass is 35.5. The van der Waals surface area contributed by atoms with Crippen LogP contribution in [0.1, 0.15) is 36.5 Å². The number of hydrogen-bond acceptors (Lipinski definition) is 3. The van der Waals surface area contributed by atoms with Crippen LogP contribution in [0.5, 0.6) is 0 Å². The van der Waals surface area contributed by atoms with E-state index in [1.807, 2.05) is 0 Å². The number of carbonyl (C=O) groups is 1. The third-order valence-electron chi connectivity index (χ3n) is 3.62. The molecule has 1 atom stereocenters. The fourth-order valence-electron chi connectivity index (χ4n) is 2.78. The molecule has 1 aliphatic heterocycles. The largest absolute Gasteiger partial charge is 0.478 e. The summed E-state index contributed by atoms with van der Waals surface area (Å²) in [7, 11) is 0. The summed E-state index contributed by atoms with van der Waals surface area (Å²) in [4.78, 5) is 13.4. The molecule has 1 aromatic rings.